The van der Waals surface area contributed by atoms with Crippen molar-refractivity contribution >= 4 is 16.7 Å². The van der Waals surface area contributed by atoms with E-state index in [1.165, 1.54) is 0 Å². The van der Waals surface area contributed by atoms with Gasteiger partial charge in [-0.2, -0.15) is 0 Å². The lowest BCUT2D eigenvalue weighted by Gasteiger charge is -2.08. The number of carbonyl (C=O) groups is 1. The first kappa shape index (κ1) is 16.8. The van der Waals surface area contributed by atoms with Crippen LogP contribution in [-0.4, -0.2) is 15.8 Å². The third-order valence-electron chi connectivity index (χ3n) is 3.66. The Morgan fingerprint density at radius 3 is 2.52 bits per heavy atom. The lowest BCUT2D eigenvalue weighted by molar-refractivity contribution is -0.117. The van der Waals surface area contributed by atoms with Crippen LogP contribution >= 0.6 is 0 Å². The maximum atomic E-state index is 12.2. The van der Waals surface area contributed by atoms with Crippen LogP contribution in [0.15, 0.2) is 55.0 Å². The standard InChI is InChI=1S/C18H16N2O.C2H6/c1-13-15(12-20-18-7-3-2-6-17(13)18)10-16(21)9-14-5-4-8-19-11-14;1-2/h2-8,11-12H,9-10H2,1H3;1-2H3. The van der Waals surface area contributed by atoms with Crippen molar-refractivity contribution in [2.24, 2.45) is 0 Å². The maximum Gasteiger partial charge on any atom is 0.141 e. The summed E-state index contributed by atoms with van der Waals surface area (Å²) >= 11 is 0. The summed E-state index contributed by atoms with van der Waals surface area (Å²) < 4.78 is 0. The molecule has 3 rings (SSSR count). The molecule has 0 N–H and O–H groups in total. The van der Waals surface area contributed by atoms with E-state index in [0.29, 0.717) is 12.8 Å². The van der Waals surface area contributed by atoms with Crippen molar-refractivity contribution in [3.8, 4) is 0 Å². The largest absolute Gasteiger partial charge is 0.299 e. The van der Waals surface area contributed by atoms with Gasteiger partial charge in [0, 0.05) is 36.8 Å². The second-order valence-corrected chi connectivity index (χ2v) is 5.18. The van der Waals surface area contributed by atoms with Crippen LogP contribution in [0.3, 0.4) is 0 Å². The van der Waals surface area contributed by atoms with Gasteiger partial charge in [-0.25, -0.2) is 0 Å². The highest BCUT2D eigenvalue weighted by atomic mass is 16.1. The fourth-order valence-corrected chi connectivity index (χ4v) is 2.50. The molecule has 118 valence electrons. The molecule has 0 spiro atoms. The Bertz CT molecular complexity index is 782. The van der Waals surface area contributed by atoms with Gasteiger partial charge in [0.1, 0.15) is 5.78 Å². The van der Waals surface area contributed by atoms with E-state index in [0.717, 1.165) is 27.6 Å². The Balaban J connectivity index is 0.000000924. The van der Waals surface area contributed by atoms with Crippen molar-refractivity contribution in [3.63, 3.8) is 0 Å². The number of hydrogen-bond donors (Lipinski definition) is 0. The van der Waals surface area contributed by atoms with Crippen LogP contribution < -0.4 is 0 Å². The molecular formula is C20H22N2O. The summed E-state index contributed by atoms with van der Waals surface area (Å²) in [5, 5.41) is 1.11. The van der Waals surface area contributed by atoms with E-state index in [2.05, 4.69) is 16.9 Å². The Morgan fingerprint density at radius 2 is 1.78 bits per heavy atom. The molecule has 0 aliphatic carbocycles. The van der Waals surface area contributed by atoms with Crippen molar-refractivity contribution < 1.29 is 4.79 Å². The zero-order valence-electron chi connectivity index (χ0n) is 13.9. The van der Waals surface area contributed by atoms with Crippen LogP contribution in [-0.2, 0) is 17.6 Å². The molecule has 2 heterocycles. The van der Waals surface area contributed by atoms with Crippen LogP contribution in [0, 0.1) is 6.92 Å². The van der Waals surface area contributed by atoms with Crippen LogP contribution in [0.25, 0.3) is 10.9 Å². The SMILES string of the molecule is CC.Cc1c(CC(=O)Cc2cccnc2)cnc2ccccc12. The van der Waals surface area contributed by atoms with Crippen LogP contribution in [0.5, 0.6) is 0 Å². The molecule has 23 heavy (non-hydrogen) atoms. The predicted molar refractivity (Wildman–Crippen MR) is 94.5 cm³/mol. The number of hydrogen-bond acceptors (Lipinski definition) is 3. The number of rotatable bonds is 4. The Morgan fingerprint density at radius 1 is 1.00 bits per heavy atom. The average molecular weight is 306 g/mol. The zero-order valence-corrected chi connectivity index (χ0v) is 13.9. The summed E-state index contributed by atoms with van der Waals surface area (Å²) in [6.45, 7) is 6.05. The van der Waals surface area contributed by atoms with Gasteiger partial charge >= 0.3 is 0 Å². The molecule has 0 bridgehead atoms. The van der Waals surface area contributed by atoms with Gasteiger partial charge in [-0.3, -0.25) is 14.8 Å². The molecule has 0 unspecified atom stereocenters. The third kappa shape index (κ3) is 4.22. The minimum absolute atomic E-state index is 0.184. The summed E-state index contributed by atoms with van der Waals surface area (Å²) in [5.41, 5.74) is 4.06. The molecule has 0 fully saturated rings. The van der Waals surface area contributed by atoms with Crippen molar-refractivity contribution in [1.29, 1.82) is 0 Å². The molecule has 0 amide bonds. The molecule has 0 aliphatic heterocycles. The maximum absolute atomic E-state index is 12.2. The minimum Gasteiger partial charge on any atom is -0.299 e. The van der Waals surface area contributed by atoms with Crippen molar-refractivity contribution in [1.82, 2.24) is 9.97 Å². The third-order valence-corrected chi connectivity index (χ3v) is 3.66. The van der Waals surface area contributed by atoms with Gasteiger partial charge in [-0.05, 0) is 35.7 Å². The number of aromatic nitrogens is 2. The van der Waals surface area contributed by atoms with E-state index in [-0.39, 0.29) is 5.78 Å². The van der Waals surface area contributed by atoms with Gasteiger partial charge in [-0.15, -0.1) is 0 Å². The molecule has 1 aromatic carbocycles. The normalized spacial score (nSPS) is 10.0. The number of ketones is 1. The Labute approximate surface area is 137 Å². The highest BCUT2D eigenvalue weighted by Crippen LogP contribution is 2.20. The van der Waals surface area contributed by atoms with E-state index in [9.17, 15) is 4.79 Å². The Kier molecular flexibility index (Phi) is 5.98. The molecule has 0 atom stereocenters. The number of Topliss-reactive ketones (excluding diaryl/α,β-unsaturated/α-hetero) is 1. The highest BCUT2D eigenvalue weighted by molar-refractivity contribution is 5.87. The lowest BCUT2D eigenvalue weighted by atomic mass is 9.99. The molecule has 0 aliphatic rings. The van der Waals surface area contributed by atoms with Crippen LogP contribution in [0.1, 0.15) is 30.5 Å². The number of para-hydroxylation sites is 1. The first-order chi connectivity index (χ1) is 11.2. The van der Waals surface area contributed by atoms with Gasteiger partial charge in [0.05, 0.1) is 5.52 Å². The number of aryl methyl sites for hydroxylation is 1. The number of nitrogens with zero attached hydrogens (tertiary/aromatic N) is 2. The fraction of sp³-hybridized carbons (Fsp3) is 0.250. The second-order valence-electron chi connectivity index (χ2n) is 5.18. The van der Waals surface area contributed by atoms with E-state index in [1.807, 2.05) is 56.4 Å². The second kappa shape index (κ2) is 8.18. The first-order valence-corrected chi connectivity index (χ1v) is 7.98. The number of fused-ring (bicyclic) bond motifs is 1. The van der Waals surface area contributed by atoms with Gasteiger partial charge in [0.2, 0.25) is 0 Å². The van der Waals surface area contributed by atoms with Gasteiger partial charge in [0.15, 0.2) is 0 Å². The van der Waals surface area contributed by atoms with E-state index in [4.69, 9.17) is 0 Å². The lowest BCUT2D eigenvalue weighted by Crippen LogP contribution is -2.08. The van der Waals surface area contributed by atoms with Crippen molar-refractivity contribution in [2.75, 3.05) is 0 Å². The zero-order chi connectivity index (χ0) is 16.7. The number of benzene rings is 1. The van der Waals surface area contributed by atoms with Gasteiger partial charge < -0.3 is 0 Å². The molecular weight excluding hydrogens is 284 g/mol. The average Bonchev–Trinajstić information content (AvgIpc) is 2.60. The topological polar surface area (TPSA) is 42.9 Å². The molecule has 0 saturated carbocycles. The highest BCUT2D eigenvalue weighted by Gasteiger charge is 2.10. The summed E-state index contributed by atoms with van der Waals surface area (Å²) in [4.78, 5) is 20.7. The van der Waals surface area contributed by atoms with Gasteiger partial charge in [-0.1, -0.05) is 38.1 Å². The number of pyridine rings is 2. The summed E-state index contributed by atoms with van der Waals surface area (Å²) in [7, 11) is 0. The summed E-state index contributed by atoms with van der Waals surface area (Å²) in [5.74, 6) is 0.184. The Hall–Kier alpha value is -2.55. The summed E-state index contributed by atoms with van der Waals surface area (Å²) in [6, 6.07) is 11.8. The van der Waals surface area contributed by atoms with E-state index >= 15 is 0 Å². The molecule has 0 saturated heterocycles. The van der Waals surface area contributed by atoms with Crippen LogP contribution in [0.4, 0.5) is 0 Å². The predicted octanol–water partition coefficient (Wildman–Crippen LogP) is 4.32. The fourth-order valence-electron chi connectivity index (χ4n) is 2.50. The van der Waals surface area contributed by atoms with Crippen LogP contribution in [0.2, 0.25) is 0 Å². The molecule has 3 heteroatoms. The van der Waals surface area contributed by atoms with E-state index in [1.54, 1.807) is 12.4 Å². The quantitative estimate of drug-likeness (QED) is 0.721. The molecule has 2 aromatic heterocycles. The van der Waals surface area contributed by atoms with E-state index < -0.39 is 0 Å². The van der Waals surface area contributed by atoms with Gasteiger partial charge in [0.25, 0.3) is 0 Å². The monoisotopic (exact) mass is 306 g/mol. The van der Waals surface area contributed by atoms with Crippen molar-refractivity contribution in [2.45, 2.75) is 33.6 Å². The molecule has 0 radical (unpaired) electrons. The molecule has 3 aromatic rings. The summed E-state index contributed by atoms with van der Waals surface area (Å²) in [6.07, 6.45) is 6.10. The molecule has 3 nitrogen and oxygen atoms in total. The van der Waals surface area contributed by atoms with Crippen molar-refractivity contribution in [3.05, 3.63) is 71.7 Å². The minimum atomic E-state index is 0.184. The smallest absolute Gasteiger partial charge is 0.141 e. The first-order valence-electron chi connectivity index (χ1n) is 7.98. The number of carbonyl (C=O) groups excluding carboxylic acids is 1.